The molecular formula is C28H24N6O2. The number of amides is 1. The van der Waals surface area contributed by atoms with E-state index in [-0.39, 0.29) is 6.09 Å². The highest BCUT2D eigenvalue weighted by atomic mass is 16.6. The maximum atomic E-state index is 12.6. The molecule has 1 aliphatic heterocycles. The molecule has 0 spiro atoms. The molecule has 8 nitrogen and oxygen atoms in total. The van der Waals surface area contributed by atoms with E-state index in [0.29, 0.717) is 36.1 Å². The summed E-state index contributed by atoms with van der Waals surface area (Å²) < 4.78 is 5.48. The molecule has 0 saturated heterocycles. The number of nitrogens with zero attached hydrogens (tertiary/aromatic N) is 3. The highest BCUT2D eigenvalue weighted by Gasteiger charge is 2.25. The van der Waals surface area contributed by atoms with Gasteiger partial charge in [0.2, 0.25) is 0 Å². The molecule has 1 amide bonds. The largest absolute Gasteiger partial charge is 0.415 e. The van der Waals surface area contributed by atoms with Crippen molar-refractivity contribution in [1.29, 1.82) is 5.41 Å². The van der Waals surface area contributed by atoms with Crippen LogP contribution in [0, 0.1) is 5.41 Å². The highest BCUT2D eigenvalue weighted by molar-refractivity contribution is 6.08. The van der Waals surface area contributed by atoms with Gasteiger partial charge in [-0.05, 0) is 53.1 Å². The molecule has 0 saturated carbocycles. The third kappa shape index (κ3) is 4.92. The molecule has 8 heteroatoms. The summed E-state index contributed by atoms with van der Waals surface area (Å²) in [5.74, 6) is 1.77. The number of para-hydroxylation sites is 1. The zero-order valence-corrected chi connectivity index (χ0v) is 19.4. The van der Waals surface area contributed by atoms with Crippen molar-refractivity contribution in [2.75, 3.05) is 5.32 Å². The number of benzene rings is 3. The quantitative estimate of drug-likeness (QED) is 0.323. The number of ether oxygens (including phenoxy) is 1. The minimum Gasteiger partial charge on any atom is -0.410 e. The molecule has 0 radical (unpaired) electrons. The molecule has 5 rings (SSSR count). The lowest BCUT2D eigenvalue weighted by Gasteiger charge is -2.14. The van der Waals surface area contributed by atoms with Crippen LogP contribution in [-0.4, -0.2) is 27.2 Å². The van der Waals surface area contributed by atoms with Gasteiger partial charge in [-0.25, -0.2) is 14.8 Å². The Bertz CT molecular complexity index is 1430. The predicted octanol–water partition coefficient (Wildman–Crippen LogP) is 5.35. The molecule has 0 atom stereocenters. The van der Waals surface area contributed by atoms with Crippen LogP contribution >= 0.6 is 0 Å². The number of rotatable bonds is 6. The molecule has 3 aromatic carbocycles. The fraction of sp³-hybridized carbons (Fsp3) is 0.0714. The molecular weight excluding hydrogens is 452 g/mol. The van der Waals surface area contributed by atoms with Gasteiger partial charge in [0.05, 0.1) is 0 Å². The monoisotopic (exact) mass is 476 g/mol. The zero-order valence-electron chi connectivity index (χ0n) is 19.4. The Morgan fingerprint density at radius 1 is 1.00 bits per heavy atom. The van der Waals surface area contributed by atoms with E-state index in [9.17, 15) is 4.79 Å². The van der Waals surface area contributed by atoms with Crippen LogP contribution in [-0.2, 0) is 13.1 Å². The van der Waals surface area contributed by atoms with Crippen LogP contribution < -0.4 is 15.8 Å². The van der Waals surface area contributed by atoms with Crippen LogP contribution in [0.4, 0.5) is 16.3 Å². The number of anilines is 2. The summed E-state index contributed by atoms with van der Waals surface area (Å²) in [5, 5.41) is 10.7. The molecule has 4 aromatic rings. The van der Waals surface area contributed by atoms with Crippen LogP contribution in [0.1, 0.15) is 16.7 Å². The van der Waals surface area contributed by atoms with Crippen molar-refractivity contribution in [3.63, 3.8) is 0 Å². The fourth-order valence-electron chi connectivity index (χ4n) is 4.01. The molecule has 0 aliphatic carbocycles. The minimum absolute atomic E-state index is 0.373. The Labute approximate surface area is 208 Å². The van der Waals surface area contributed by atoms with Crippen molar-refractivity contribution in [2.24, 2.45) is 5.73 Å². The number of aromatic nitrogens is 2. The van der Waals surface area contributed by atoms with Crippen LogP contribution in [0.25, 0.3) is 17.0 Å². The van der Waals surface area contributed by atoms with Crippen LogP contribution in [0.2, 0.25) is 0 Å². The van der Waals surface area contributed by atoms with Crippen LogP contribution in [0.15, 0.2) is 91.3 Å². The van der Waals surface area contributed by atoms with Crippen LogP contribution in [0.5, 0.6) is 5.75 Å². The second-order valence-corrected chi connectivity index (χ2v) is 8.25. The Balaban J connectivity index is 1.28. The second-order valence-electron chi connectivity index (χ2n) is 8.25. The Hall–Kier alpha value is -4.98. The van der Waals surface area contributed by atoms with Crippen molar-refractivity contribution in [3.05, 3.63) is 108 Å². The van der Waals surface area contributed by atoms with E-state index in [1.165, 1.54) is 12.4 Å². The summed E-state index contributed by atoms with van der Waals surface area (Å²) in [4.78, 5) is 23.4. The Morgan fingerprint density at radius 3 is 2.53 bits per heavy atom. The molecule has 36 heavy (non-hydrogen) atoms. The third-order valence-electron chi connectivity index (χ3n) is 5.87. The lowest BCUT2D eigenvalue weighted by atomic mass is 10.1. The van der Waals surface area contributed by atoms with Gasteiger partial charge in [0, 0.05) is 48.5 Å². The average molecular weight is 477 g/mol. The van der Waals surface area contributed by atoms with Gasteiger partial charge in [-0.2, -0.15) is 0 Å². The van der Waals surface area contributed by atoms with Gasteiger partial charge in [-0.3, -0.25) is 4.90 Å². The average Bonchev–Trinajstić information content (AvgIpc) is 3.35. The number of nitrogens with two attached hydrogens (primary N) is 1. The first-order valence-electron chi connectivity index (χ1n) is 11.4. The maximum Gasteiger partial charge on any atom is 0.415 e. The number of hydrogen-bond donors (Lipinski definition) is 3. The molecule has 178 valence electrons. The molecule has 1 aliphatic rings. The van der Waals surface area contributed by atoms with Gasteiger partial charge in [0.25, 0.3) is 0 Å². The normalized spacial score (nSPS) is 12.7. The van der Waals surface area contributed by atoms with E-state index in [1.807, 2.05) is 60.7 Å². The first kappa shape index (κ1) is 22.8. The SMILES string of the molecule is N=CC(=CN)c1ccc(Nc2ccnc(-c3ccc4c(c3)CN(C(=O)Oc3ccccc3)C4)n2)cc1. The number of fused-ring (bicyclic) bond motifs is 1. The molecule has 0 unspecified atom stereocenters. The topological polar surface area (TPSA) is 117 Å². The predicted molar refractivity (Wildman–Crippen MR) is 140 cm³/mol. The number of nitrogens with one attached hydrogen (secondary N) is 2. The fourth-order valence-corrected chi connectivity index (χ4v) is 4.01. The minimum atomic E-state index is -0.373. The van der Waals surface area contributed by atoms with Gasteiger partial charge >= 0.3 is 6.09 Å². The molecule has 0 bridgehead atoms. The molecule has 2 heterocycles. The van der Waals surface area contributed by atoms with E-state index >= 15 is 0 Å². The summed E-state index contributed by atoms with van der Waals surface area (Å²) in [6, 6.07) is 24.5. The van der Waals surface area contributed by atoms with Crippen molar-refractivity contribution in [2.45, 2.75) is 13.1 Å². The molecule has 1 aromatic heterocycles. The second kappa shape index (κ2) is 10.1. The van der Waals surface area contributed by atoms with Gasteiger partial charge in [-0.15, -0.1) is 0 Å². The van der Waals surface area contributed by atoms with Crippen molar-refractivity contribution in [1.82, 2.24) is 14.9 Å². The highest BCUT2D eigenvalue weighted by Crippen LogP contribution is 2.29. The number of carbonyl (C=O) groups is 1. The molecule has 4 N–H and O–H groups in total. The summed E-state index contributed by atoms with van der Waals surface area (Å²) in [6.45, 7) is 0.965. The first-order chi connectivity index (χ1) is 17.6. The molecule has 0 fully saturated rings. The summed E-state index contributed by atoms with van der Waals surface area (Å²) in [6.07, 6.45) is 3.97. The summed E-state index contributed by atoms with van der Waals surface area (Å²) in [7, 11) is 0. The van der Waals surface area contributed by atoms with E-state index in [0.717, 1.165) is 27.9 Å². The van der Waals surface area contributed by atoms with Crippen molar-refractivity contribution < 1.29 is 9.53 Å². The Morgan fingerprint density at radius 2 is 1.78 bits per heavy atom. The number of allylic oxidation sites excluding steroid dienone is 1. The smallest absolute Gasteiger partial charge is 0.410 e. The lowest BCUT2D eigenvalue weighted by molar-refractivity contribution is 0.152. The Kier molecular flexibility index (Phi) is 6.40. The van der Waals surface area contributed by atoms with E-state index in [1.54, 1.807) is 29.3 Å². The van der Waals surface area contributed by atoms with E-state index in [4.69, 9.17) is 15.9 Å². The van der Waals surface area contributed by atoms with Gasteiger partial charge in [-0.1, -0.05) is 42.5 Å². The van der Waals surface area contributed by atoms with Crippen LogP contribution in [0.3, 0.4) is 0 Å². The maximum absolute atomic E-state index is 12.6. The van der Waals surface area contributed by atoms with Crippen molar-refractivity contribution in [3.8, 4) is 17.1 Å². The van der Waals surface area contributed by atoms with E-state index in [2.05, 4.69) is 15.3 Å². The zero-order chi connectivity index (χ0) is 24.9. The van der Waals surface area contributed by atoms with E-state index < -0.39 is 0 Å². The number of hydrogen-bond acceptors (Lipinski definition) is 7. The van der Waals surface area contributed by atoms with Gasteiger partial charge in [0.15, 0.2) is 5.82 Å². The van der Waals surface area contributed by atoms with Gasteiger partial charge < -0.3 is 21.2 Å². The summed E-state index contributed by atoms with van der Waals surface area (Å²) in [5.41, 5.74) is 10.9. The third-order valence-corrected chi connectivity index (χ3v) is 5.87. The first-order valence-corrected chi connectivity index (χ1v) is 11.4. The lowest BCUT2D eigenvalue weighted by Crippen LogP contribution is -2.28. The summed E-state index contributed by atoms with van der Waals surface area (Å²) >= 11 is 0. The number of carbonyl (C=O) groups excluding carboxylic acids is 1. The van der Waals surface area contributed by atoms with Gasteiger partial charge in [0.1, 0.15) is 11.6 Å². The van der Waals surface area contributed by atoms with Crippen molar-refractivity contribution >= 4 is 29.4 Å². The standard InChI is InChI=1S/C28H24N6O2/c29-15-23(16-30)19-8-10-24(11-9-19)32-26-12-13-31-27(33-26)20-6-7-21-17-34(18-22(21)14-20)28(35)36-25-4-2-1-3-5-25/h1-16,29H,17-18,30H2,(H,31,32,33).